The standard InChI is InChI=1S/C13H28O2/c1-6-9-14-11-8-13(4,5)15-10-7-12(2)3/h12H,6-11H2,1-5H3. The van der Waals surface area contributed by atoms with Crippen LogP contribution in [0.4, 0.5) is 0 Å². The first-order chi connectivity index (χ1) is 6.98. The Hall–Kier alpha value is -0.0800. The minimum Gasteiger partial charge on any atom is -0.381 e. The quantitative estimate of drug-likeness (QED) is 0.548. The second kappa shape index (κ2) is 8.12. The van der Waals surface area contributed by atoms with Crippen molar-refractivity contribution in [3.05, 3.63) is 0 Å². The molecular formula is C13H28O2. The second-order valence-corrected chi connectivity index (χ2v) is 5.15. The molecule has 0 unspecified atom stereocenters. The molecule has 0 aromatic rings. The van der Waals surface area contributed by atoms with Crippen LogP contribution in [0.15, 0.2) is 0 Å². The van der Waals surface area contributed by atoms with Crippen LogP contribution in [0.25, 0.3) is 0 Å². The number of hydrogen-bond acceptors (Lipinski definition) is 2. The maximum Gasteiger partial charge on any atom is 0.0648 e. The van der Waals surface area contributed by atoms with Gasteiger partial charge in [0.2, 0.25) is 0 Å². The van der Waals surface area contributed by atoms with Crippen molar-refractivity contribution >= 4 is 0 Å². The van der Waals surface area contributed by atoms with Gasteiger partial charge in [-0.15, -0.1) is 0 Å². The topological polar surface area (TPSA) is 18.5 Å². The van der Waals surface area contributed by atoms with Gasteiger partial charge in [-0.2, -0.15) is 0 Å². The Bertz CT molecular complexity index is 141. The molecule has 0 heterocycles. The first-order valence-corrected chi connectivity index (χ1v) is 6.19. The molecule has 0 saturated carbocycles. The minimum absolute atomic E-state index is 0.0391. The molecule has 0 aliphatic carbocycles. The van der Waals surface area contributed by atoms with Crippen molar-refractivity contribution in [1.29, 1.82) is 0 Å². The lowest BCUT2D eigenvalue weighted by molar-refractivity contribution is -0.0441. The molecular weight excluding hydrogens is 188 g/mol. The molecule has 0 spiro atoms. The van der Waals surface area contributed by atoms with E-state index >= 15 is 0 Å². The van der Waals surface area contributed by atoms with Crippen LogP contribution < -0.4 is 0 Å². The Morgan fingerprint density at radius 3 is 2.27 bits per heavy atom. The summed E-state index contributed by atoms with van der Waals surface area (Å²) in [7, 11) is 0. The van der Waals surface area contributed by atoms with E-state index in [2.05, 4.69) is 34.6 Å². The lowest BCUT2D eigenvalue weighted by Gasteiger charge is -2.25. The van der Waals surface area contributed by atoms with E-state index in [9.17, 15) is 0 Å². The molecule has 0 aliphatic heterocycles. The second-order valence-electron chi connectivity index (χ2n) is 5.15. The molecule has 2 heteroatoms. The third-order valence-electron chi connectivity index (χ3n) is 2.38. The van der Waals surface area contributed by atoms with Gasteiger partial charge in [-0.3, -0.25) is 0 Å². The first kappa shape index (κ1) is 14.9. The van der Waals surface area contributed by atoms with E-state index in [1.54, 1.807) is 0 Å². The lowest BCUT2D eigenvalue weighted by atomic mass is 10.1. The maximum absolute atomic E-state index is 5.84. The summed E-state index contributed by atoms with van der Waals surface area (Å²) >= 11 is 0. The summed E-state index contributed by atoms with van der Waals surface area (Å²) in [6, 6.07) is 0. The summed E-state index contributed by atoms with van der Waals surface area (Å²) in [5.41, 5.74) is -0.0391. The fourth-order valence-corrected chi connectivity index (χ4v) is 1.21. The Labute approximate surface area is 95.3 Å². The molecule has 0 rings (SSSR count). The van der Waals surface area contributed by atoms with Crippen LogP contribution in [0.5, 0.6) is 0 Å². The van der Waals surface area contributed by atoms with Crippen LogP contribution in [-0.4, -0.2) is 25.4 Å². The summed E-state index contributed by atoms with van der Waals surface area (Å²) in [5, 5.41) is 0. The van der Waals surface area contributed by atoms with Crippen molar-refractivity contribution in [2.45, 2.75) is 59.5 Å². The zero-order valence-corrected chi connectivity index (χ0v) is 11.1. The Kier molecular flexibility index (Phi) is 8.07. The van der Waals surface area contributed by atoms with Crippen molar-refractivity contribution in [3.8, 4) is 0 Å². The van der Waals surface area contributed by atoms with Gasteiger partial charge in [-0.25, -0.2) is 0 Å². The monoisotopic (exact) mass is 216 g/mol. The van der Waals surface area contributed by atoms with Crippen molar-refractivity contribution in [3.63, 3.8) is 0 Å². The van der Waals surface area contributed by atoms with Gasteiger partial charge < -0.3 is 9.47 Å². The summed E-state index contributed by atoms with van der Waals surface area (Å²) in [4.78, 5) is 0. The molecule has 0 bridgehead atoms. The van der Waals surface area contributed by atoms with Crippen LogP contribution in [0.3, 0.4) is 0 Å². The Balaban J connectivity index is 3.48. The molecule has 0 atom stereocenters. The van der Waals surface area contributed by atoms with E-state index in [4.69, 9.17) is 9.47 Å². The highest BCUT2D eigenvalue weighted by Gasteiger charge is 2.17. The fourth-order valence-electron chi connectivity index (χ4n) is 1.21. The summed E-state index contributed by atoms with van der Waals surface area (Å²) in [5.74, 6) is 0.720. The van der Waals surface area contributed by atoms with Crippen LogP contribution >= 0.6 is 0 Å². The number of ether oxygens (including phenoxy) is 2. The van der Waals surface area contributed by atoms with Gasteiger partial charge in [0, 0.05) is 19.8 Å². The molecule has 0 aliphatic rings. The first-order valence-electron chi connectivity index (χ1n) is 6.19. The molecule has 92 valence electrons. The van der Waals surface area contributed by atoms with Crippen LogP contribution in [0, 0.1) is 5.92 Å². The van der Waals surface area contributed by atoms with E-state index in [1.807, 2.05) is 0 Å². The minimum atomic E-state index is -0.0391. The highest BCUT2D eigenvalue weighted by Crippen LogP contribution is 2.15. The van der Waals surface area contributed by atoms with Gasteiger partial charge in [-0.05, 0) is 39.0 Å². The molecule has 2 nitrogen and oxygen atoms in total. The average molecular weight is 216 g/mol. The van der Waals surface area contributed by atoms with Gasteiger partial charge in [0.15, 0.2) is 0 Å². The maximum atomic E-state index is 5.84. The van der Waals surface area contributed by atoms with E-state index < -0.39 is 0 Å². The summed E-state index contributed by atoms with van der Waals surface area (Å²) in [6.45, 7) is 13.4. The van der Waals surface area contributed by atoms with E-state index in [1.165, 1.54) is 0 Å². The molecule has 0 aromatic carbocycles. The molecule has 0 N–H and O–H groups in total. The normalized spacial score (nSPS) is 12.4. The highest BCUT2D eigenvalue weighted by atomic mass is 16.5. The lowest BCUT2D eigenvalue weighted by Crippen LogP contribution is -2.27. The molecule has 0 amide bonds. The molecule has 15 heavy (non-hydrogen) atoms. The highest BCUT2D eigenvalue weighted by molar-refractivity contribution is 4.68. The van der Waals surface area contributed by atoms with Crippen LogP contribution in [0.2, 0.25) is 0 Å². The fraction of sp³-hybridized carbons (Fsp3) is 1.00. The SMILES string of the molecule is CCCOCCC(C)(C)OCCC(C)C. The zero-order chi connectivity index (χ0) is 11.7. The van der Waals surface area contributed by atoms with Gasteiger partial charge in [0.1, 0.15) is 0 Å². The van der Waals surface area contributed by atoms with Gasteiger partial charge >= 0.3 is 0 Å². The number of rotatable bonds is 9. The van der Waals surface area contributed by atoms with Gasteiger partial charge in [0.25, 0.3) is 0 Å². The average Bonchev–Trinajstić information content (AvgIpc) is 2.11. The molecule has 0 saturated heterocycles. The number of hydrogen-bond donors (Lipinski definition) is 0. The van der Waals surface area contributed by atoms with E-state index in [0.29, 0.717) is 0 Å². The van der Waals surface area contributed by atoms with Crippen LogP contribution in [-0.2, 0) is 9.47 Å². The Morgan fingerprint density at radius 1 is 1.07 bits per heavy atom. The van der Waals surface area contributed by atoms with Crippen molar-refractivity contribution < 1.29 is 9.47 Å². The smallest absolute Gasteiger partial charge is 0.0648 e. The summed E-state index contributed by atoms with van der Waals surface area (Å²) < 4.78 is 11.3. The predicted octanol–water partition coefficient (Wildman–Crippen LogP) is 3.64. The van der Waals surface area contributed by atoms with Gasteiger partial charge in [0.05, 0.1) is 5.60 Å². The Morgan fingerprint density at radius 2 is 1.73 bits per heavy atom. The van der Waals surface area contributed by atoms with Crippen molar-refractivity contribution in [2.75, 3.05) is 19.8 Å². The molecule has 0 aromatic heterocycles. The van der Waals surface area contributed by atoms with E-state index in [-0.39, 0.29) is 5.60 Å². The van der Waals surface area contributed by atoms with Crippen molar-refractivity contribution in [1.82, 2.24) is 0 Å². The predicted molar refractivity (Wildman–Crippen MR) is 65.2 cm³/mol. The zero-order valence-electron chi connectivity index (χ0n) is 11.1. The van der Waals surface area contributed by atoms with Gasteiger partial charge in [-0.1, -0.05) is 20.8 Å². The van der Waals surface area contributed by atoms with Crippen LogP contribution in [0.1, 0.15) is 53.9 Å². The molecule has 0 radical (unpaired) electrons. The van der Waals surface area contributed by atoms with Crippen molar-refractivity contribution in [2.24, 2.45) is 5.92 Å². The third kappa shape index (κ3) is 10.2. The van der Waals surface area contributed by atoms with E-state index in [0.717, 1.165) is 45.0 Å². The third-order valence-corrected chi connectivity index (χ3v) is 2.38. The largest absolute Gasteiger partial charge is 0.381 e. The molecule has 0 fully saturated rings. The summed E-state index contributed by atoms with van der Waals surface area (Å²) in [6.07, 6.45) is 3.21.